The molecule has 0 bridgehead atoms. The zero-order valence-corrected chi connectivity index (χ0v) is 18.0. The van der Waals surface area contributed by atoms with Crippen molar-refractivity contribution in [3.8, 4) is 0 Å². The lowest BCUT2D eigenvalue weighted by Gasteiger charge is -2.28. The highest BCUT2D eigenvalue weighted by Gasteiger charge is 2.52. The molecule has 2 aliphatic rings. The van der Waals surface area contributed by atoms with Crippen molar-refractivity contribution in [2.75, 3.05) is 6.54 Å². The first-order valence-corrected chi connectivity index (χ1v) is 11.0. The number of pyridine rings is 1. The Morgan fingerprint density at radius 2 is 2.03 bits per heavy atom. The molecule has 1 saturated carbocycles. The number of rotatable bonds is 7. The second kappa shape index (κ2) is 9.04. The van der Waals surface area contributed by atoms with Crippen molar-refractivity contribution in [3.63, 3.8) is 0 Å². The van der Waals surface area contributed by atoms with E-state index in [0.29, 0.717) is 24.5 Å². The van der Waals surface area contributed by atoms with Gasteiger partial charge in [-0.15, -0.1) is 0 Å². The molecule has 164 valence electrons. The van der Waals surface area contributed by atoms with Crippen molar-refractivity contribution >= 4 is 23.4 Å². The maximum absolute atomic E-state index is 13.0. The van der Waals surface area contributed by atoms with Gasteiger partial charge < -0.3 is 10.8 Å². The van der Waals surface area contributed by atoms with E-state index in [9.17, 15) is 14.7 Å². The summed E-state index contributed by atoms with van der Waals surface area (Å²) in [4.78, 5) is 32.3. The third kappa shape index (κ3) is 4.50. The summed E-state index contributed by atoms with van der Waals surface area (Å²) < 4.78 is 0. The number of nitrogens with two attached hydrogens (primary N) is 1. The molecule has 2 amide bonds. The summed E-state index contributed by atoms with van der Waals surface area (Å²) in [5.74, 6) is -1.32. The van der Waals surface area contributed by atoms with Gasteiger partial charge in [-0.2, -0.15) is 0 Å². The molecule has 2 heterocycles. The Morgan fingerprint density at radius 3 is 2.71 bits per heavy atom. The van der Waals surface area contributed by atoms with Crippen molar-refractivity contribution in [1.29, 1.82) is 0 Å². The van der Waals surface area contributed by atoms with Gasteiger partial charge in [0.2, 0.25) is 5.91 Å². The van der Waals surface area contributed by atoms with Gasteiger partial charge >= 0.3 is 0 Å². The van der Waals surface area contributed by atoms with Crippen LogP contribution in [0.25, 0.3) is 0 Å². The molecular weight excluding hydrogens is 416 g/mol. The van der Waals surface area contributed by atoms with E-state index in [1.165, 1.54) is 6.20 Å². The highest BCUT2D eigenvalue weighted by atomic mass is 35.5. The molecule has 2 aromatic rings. The summed E-state index contributed by atoms with van der Waals surface area (Å²) in [5.41, 5.74) is 6.29. The van der Waals surface area contributed by atoms with Crippen LogP contribution < -0.4 is 11.1 Å². The van der Waals surface area contributed by atoms with E-state index in [1.807, 2.05) is 17.0 Å². The van der Waals surface area contributed by atoms with Gasteiger partial charge in [0.15, 0.2) is 5.60 Å². The maximum atomic E-state index is 13.0. The number of aromatic nitrogens is 1. The van der Waals surface area contributed by atoms with E-state index in [2.05, 4.69) is 10.3 Å². The van der Waals surface area contributed by atoms with Crippen molar-refractivity contribution in [2.24, 2.45) is 11.7 Å². The second-order valence-electron chi connectivity index (χ2n) is 8.32. The molecule has 1 saturated heterocycles. The number of amides is 2. The number of aliphatic hydroxyl groups is 1. The molecule has 8 heteroatoms. The van der Waals surface area contributed by atoms with E-state index < -0.39 is 23.5 Å². The highest BCUT2D eigenvalue weighted by Crippen LogP contribution is 2.45. The van der Waals surface area contributed by atoms with Crippen LogP contribution in [0.3, 0.4) is 0 Å². The molecular formula is C23H27ClN4O3. The lowest BCUT2D eigenvalue weighted by Crippen LogP contribution is -2.53. The van der Waals surface area contributed by atoms with Crippen molar-refractivity contribution in [2.45, 2.75) is 50.4 Å². The Kier molecular flexibility index (Phi) is 6.39. The molecule has 1 aliphatic carbocycles. The average molecular weight is 443 g/mol. The number of nitrogens with zero attached hydrogens (tertiary/aromatic N) is 2. The standard InChI is InChI=1S/C23H27ClN4O3/c24-18-9-6-15(13-25)16(12-18)14-28-11-3-4-19(28)21(29)27-22(30)23(31,17-7-8-17)20-5-1-2-10-26-20/h1-2,5-6,9-10,12,17,19,31H,3-4,7-8,11,13-14,25H2,(H,27,29,30)/t19-,23?/m0/s1. The number of benzene rings is 1. The normalized spacial score (nSPS) is 20.9. The van der Waals surface area contributed by atoms with Gasteiger partial charge in [-0.3, -0.25) is 24.8 Å². The van der Waals surface area contributed by atoms with Crippen LogP contribution in [0.5, 0.6) is 0 Å². The van der Waals surface area contributed by atoms with Crippen LogP contribution in [0.1, 0.15) is 42.5 Å². The van der Waals surface area contributed by atoms with Gasteiger partial charge in [-0.05, 0) is 67.6 Å². The Balaban J connectivity index is 1.49. The molecule has 2 atom stereocenters. The third-order valence-electron chi connectivity index (χ3n) is 6.23. The zero-order chi connectivity index (χ0) is 22.0. The molecule has 1 unspecified atom stereocenters. The van der Waals surface area contributed by atoms with Crippen LogP contribution in [0.2, 0.25) is 5.02 Å². The first-order chi connectivity index (χ1) is 14.9. The Morgan fingerprint density at radius 1 is 1.23 bits per heavy atom. The SMILES string of the molecule is NCc1ccc(Cl)cc1CN1CCC[C@H]1C(=O)NC(=O)C(O)(c1ccccn1)C1CC1. The first-order valence-electron chi connectivity index (χ1n) is 10.6. The lowest BCUT2D eigenvalue weighted by atomic mass is 9.91. The van der Waals surface area contributed by atoms with Crippen molar-refractivity contribution in [3.05, 3.63) is 64.4 Å². The Bertz CT molecular complexity index is 967. The first kappa shape index (κ1) is 21.9. The van der Waals surface area contributed by atoms with E-state index in [0.717, 1.165) is 36.9 Å². The Hall–Kier alpha value is -2.32. The number of hydrogen-bond donors (Lipinski definition) is 3. The van der Waals surface area contributed by atoms with Crippen LogP contribution >= 0.6 is 11.6 Å². The fraction of sp³-hybridized carbons (Fsp3) is 0.435. The van der Waals surface area contributed by atoms with Gasteiger partial charge in [-0.1, -0.05) is 23.7 Å². The van der Waals surface area contributed by atoms with Crippen LogP contribution in [-0.4, -0.2) is 39.4 Å². The smallest absolute Gasteiger partial charge is 0.265 e. The van der Waals surface area contributed by atoms with Gasteiger partial charge in [-0.25, -0.2) is 0 Å². The number of carbonyl (C=O) groups excluding carboxylic acids is 2. The van der Waals surface area contributed by atoms with E-state index >= 15 is 0 Å². The van der Waals surface area contributed by atoms with Crippen LogP contribution in [0.15, 0.2) is 42.6 Å². The van der Waals surface area contributed by atoms with Gasteiger partial charge in [0.05, 0.1) is 11.7 Å². The van der Waals surface area contributed by atoms with Gasteiger partial charge in [0.1, 0.15) is 0 Å². The fourth-order valence-electron chi connectivity index (χ4n) is 4.36. The minimum atomic E-state index is -1.79. The summed E-state index contributed by atoms with van der Waals surface area (Å²) in [6.07, 6.45) is 4.47. The number of hydrogen-bond acceptors (Lipinski definition) is 6. The number of halogens is 1. The number of imide groups is 1. The summed E-state index contributed by atoms with van der Waals surface area (Å²) in [6, 6.07) is 10.2. The van der Waals surface area contributed by atoms with Crippen LogP contribution in [0, 0.1) is 5.92 Å². The highest BCUT2D eigenvalue weighted by molar-refractivity contribution is 6.30. The monoisotopic (exact) mass is 442 g/mol. The molecule has 2 fully saturated rings. The van der Waals surface area contributed by atoms with Gasteiger partial charge in [0.25, 0.3) is 5.91 Å². The number of carbonyl (C=O) groups is 2. The number of nitrogens with one attached hydrogen (secondary N) is 1. The molecule has 1 aliphatic heterocycles. The second-order valence-corrected chi connectivity index (χ2v) is 8.76. The third-order valence-corrected chi connectivity index (χ3v) is 6.47. The van der Waals surface area contributed by atoms with E-state index in [1.54, 1.807) is 24.3 Å². The predicted octanol–water partition coefficient (Wildman–Crippen LogP) is 2.10. The summed E-state index contributed by atoms with van der Waals surface area (Å²) in [6.45, 7) is 1.64. The maximum Gasteiger partial charge on any atom is 0.265 e. The van der Waals surface area contributed by atoms with Crippen molar-refractivity contribution in [1.82, 2.24) is 15.2 Å². The van der Waals surface area contributed by atoms with E-state index in [4.69, 9.17) is 17.3 Å². The lowest BCUT2D eigenvalue weighted by molar-refractivity contribution is -0.148. The van der Waals surface area contributed by atoms with Crippen molar-refractivity contribution < 1.29 is 14.7 Å². The molecule has 7 nitrogen and oxygen atoms in total. The summed E-state index contributed by atoms with van der Waals surface area (Å²) >= 11 is 6.15. The Labute approximate surface area is 186 Å². The zero-order valence-electron chi connectivity index (χ0n) is 17.3. The minimum Gasteiger partial charge on any atom is -0.374 e. The largest absolute Gasteiger partial charge is 0.374 e. The number of likely N-dealkylation sites (tertiary alicyclic amines) is 1. The quantitative estimate of drug-likeness (QED) is 0.606. The van der Waals surface area contributed by atoms with E-state index in [-0.39, 0.29) is 11.6 Å². The molecule has 0 spiro atoms. The summed E-state index contributed by atoms with van der Waals surface area (Å²) in [5, 5.41) is 14.3. The molecule has 1 aromatic carbocycles. The summed E-state index contributed by atoms with van der Waals surface area (Å²) in [7, 11) is 0. The molecule has 4 rings (SSSR count). The fourth-order valence-corrected chi connectivity index (χ4v) is 4.56. The van der Waals surface area contributed by atoms with Crippen LogP contribution in [-0.2, 0) is 28.3 Å². The van der Waals surface area contributed by atoms with Gasteiger partial charge in [0, 0.05) is 30.2 Å². The molecule has 1 aromatic heterocycles. The molecule has 4 N–H and O–H groups in total. The molecule has 31 heavy (non-hydrogen) atoms. The topological polar surface area (TPSA) is 109 Å². The predicted molar refractivity (Wildman–Crippen MR) is 117 cm³/mol. The average Bonchev–Trinajstić information content (AvgIpc) is 3.53. The van der Waals surface area contributed by atoms with Crippen LogP contribution in [0.4, 0.5) is 0 Å². The minimum absolute atomic E-state index is 0.228. The molecule has 0 radical (unpaired) electrons.